The molecule has 2 aromatic carbocycles. The molecule has 0 aliphatic carbocycles. The number of ether oxygens (including phenoxy) is 3. The van der Waals surface area contributed by atoms with Gasteiger partial charge in [0.15, 0.2) is 11.5 Å². The molecule has 3 rings (SSSR count). The summed E-state index contributed by atoms with van der Waals surface area (Å²) < 4.78 is 29.6. The van der Waals surface area contributed by atoms with Gasteiger partial charge in [-0.1, -0.05) is 24.3 Å². The molecule has 0 atom stereocenters. The fourth-order valence-corrected chi connectivity index (χ4v) is 4.15. The number of amides is 2. The van der Waals surface area contributed by atoms with Crippen LogP contribution in [0.4, 0.5) is 9.52 Å². The zero-order valence-electron chi connectivity index (χ0n) is 20.0. The third-order valence-electron chi connectivity index (χ3n) is 5.04. The summed E-state index contributed by atoms with van der Waals surface area (Å²) in [6.07, 6.45) is 0.761. The summed E-state index contributed by atoms with van der Waals surface area (Å²) in [6, 6.07) is 9.00. The summed E-state index contributed by atoms with van der Waals surface area (Å²) in [5, 5.41) is 11.8. The number of nitrogens with zero attached hydrogens (tertiary/aromatic N) is 3. The summed E-state index contributed by atoms with van der Waals surface area (Å²) in [7, 11) is 4.56. The minimum Gasteiger partial charge on any atom is -0.493 e. The van der Waals surface area contributed by atoms with E-state index >= 15 is 0 Å². The first-order valence-electron chi connectivity index (χ1n) is 10.9. The predicted molar refractivity (Wildman–Crippen MR) is 131 cm³/mol. The molecule has 1 heterocycles. The molecule has 11 heteroatoms. The largest absolute Gasteiger partial charge is 0.493 e. The second kappa shape index (κ2) is 12.1. The molecule has 0 spiro atoms. The van der Waals surface area contributed by atoms with Crippen molar-refractivity contribution in [1.82, 2.24) is 15.1 Å². The maximum atomic E-state index is 13.5. The van der Waals surface area contributed by atoms with E-state index in [9.17, 15) is 14.0 Å². The van der Waals surface area contributed by atoms with Crippen LogP contribution >= 0.6 is 11.3 Å². The lowest BCUT2D eigenvalue weighted by Crippen LogP contribution is -2.34. The zero-order chi connectivity index (χ0) is 25.4. The maximum absolute atomic E-state index is 13.5. The molecule has 3 aromatic rings. The lowest BCUT2D eigenvalue weighted by atomic mass is 10.2. The Morgan fingerprint density at radius 3 is 2.34 bits per heavy atom. The highest BCUT2D eigenvalue weighted by Gasteiger charge is 2.19. The standard InChI is InChI=1S/C24H27FN4O5S/c1-5-10-29(23(31)15-7-6-8-17(25)12-15)11-9-20(30)26-24-28-27-22(35-24)16-13-18(32-2)21(34-4)19(14-16)33-3/h6-8,12-14H,5,9-11H2,1-4H3,(H,26,28,30). The van der Waals surface area contributed by atoms with E-state index in [2.05, 4.69) is 15.5 Å². The Bertz CT molecular complexity index is 1160. The number of anilines is 1. The topological polar surface area (TPSA) is 103 Å². The van der Waals surface area contributed by atoms with Crippen molar-refractivity contribution in [3.63, 3.8) is 0 Å². The molecule has 0 fully saturated rings. The number of aromatic nitrogens is 2. The number of carbonyl (C=O) groups is 2. The molecule has 0 aliphatic heterocycles. The first-order valence-corrected chi connectivity index (χ1v) is 11.7. The van der Waals surface area contributed by atoms with E-state index in [0.717, 1.165) is 0 Å². The Labute approximate surface area is 206 Å². The van der Waals surface area contributed by atoms with Gasteiger partial charge in [-0.25, -0.2) is 4.39 Å². The van der Waals surface area contributed by atoms with Gasteiger partial charge in [0.05, 0.1) is 21.3 Å². The van der Waals surface area contributed by atoms with Crippen LogP contribution in [-0.4, -0.2) is 61.3 Å². The van der Waals surface area contributed by atoms with Crippen molar-refractivity contribution in [2.24, 2.45) is 0 Å². The third-order valence-corrected chi connectivity index (χ3v) is 5.93. The normalized spacial score (nSPS) is 10.5. The number of hydrogen-bond donors (Lipinski definition) is 1. The molecule has 2 amide bonds. The SMILES string of the molecule is CCCN(CCC(=O)Nc1nnc(-c2cc(OC)c(OC)c(OC)c2)s1)C(=O)c1cccc(F)c1. The fourth-order valence-electron chi connectivity index (χ4n) is 3.40. The summed E-state index contributed by atoms with van der Waals surface area (Å²) in [4.78, 5) is 26.8. The number of halogens is 1. The Hall–Kier alpha value is -3.73. The van der Waals surface area contributed by atoms with E-state index in [4.69, 9.17) is 14.2 Å². The number of rotatable bonds is 11. The van der Waals surface area contributed by atoms with Crippen LogP contribution in [0.3, 0.4) is 0 Å². The number of nitrogens with one attached hydrogen (secondary N) is 1. The van der Waals surface area contributed by atoms with Crippen molar-refractivity contribution in [2.75, 3.05) is 39.7 Å². The van der Waals surface area contributed by atoms with Crippen molar-refractivity contribution < 1.29 is 28.2 Å². The Balaban J connectivity index is 1.66. The monoisotopic (exact) mass is 502 g/mol. The highest BCUT2D eigenvalue weighted by molar-refractivity contribution is 7.18. The van der Waals surface area contributed by atoms with Gasteiger partial charge in [0.2, 0.25) is 16.8 Å². The van der Waals surface area contributed by atoms with E-state index in [-0.39, 0.29) is 30.3 Å². The summed E-state index contributed by atoms with van der Waals surface area (Å²) >= 11 is 1.19. The number of methoxy groups -OCH3 is 3. The Morgan fingerprint density at radius 1 is 1.03 bits per heavy atom. The zero-order valence-corrected chi connectivity index (χ0v) is 20.8. The second-order valence-corrected chi connectivity index (χ2v) is 8.40. The lowest BCUT2D eigenvalue weighted by Gasteiger charge is -2.22. The molecule has 0 unspecified atom stereocenters. The smallest absolute Gasteiger partial charge is 0.253 e. The van der Waals surface area contributed by atoms with Crippen molar-refractivity contribution in [3.05, 3.63) is 47.8 Å². The highest BCUT2D eigenvalue weighted by atomic mass is 32.1. The quantitative estimate of drug-likeness (QED) is 0.418. The predicted octanol–water partition coefficient (Wildman–Crippen LogP) is 4.25. The molecule has 1 N–H and O–H groups in total. The second-order valence-electron chi connectivity index (χ2n) is 7.43. The van der Waals surface area contributed by atoms with Crippen LogP contribution in [-0.2, 0) is 4.79 Å². The molecule has 9 nitrogen and oxygen atoms in total. The van der Waals surface area contributed by atoms with Crippen molar-refractivity contribution >= 4 is 28.3 Å². The van der Waals surface area contributed by atoms with E-state index < -0.39 is 5.82 Å². The average molecular weight is 503 g/mol. The van der Waals surface area contributed by atoms with Gasteiger partial charge in [-0.2, -0.15) is 0 Å². The maximum Gasteiger partial charge on any atom is 0.253 e. The molecular weight excluding hydrogens is 475 g/mol. The van der Waals surface area contributed by atoms with Crippen molar-refractivity contribution in [2.45, 2.75) is 19.8 Å². The van der Waals surface area contributed by atoms with Gasteiger partial charge in [0.1, 0.15) is 10.8 Å². The molecule has 186 valence electrons. The van der Waals surface area contributed by atoms with E-state index in [1.54, 1.807) is 18.2 Å². The van der Waals surface area contributed by atoms with Crippen LogP contribution in [0.15, 0.2) is 36.4 Å². The number of benzene rings is 2. The van der Waals surface area contributed by atoms with Crippen molar-refractivity contribution in [3.8, 4) is 27.8 Å². The average Bonchev–Trinajstić information content (AvgIpc) is 3.33. The van der Waals surface area contributed by atoms with Crippen LogP contribution in [0.2, 0.25) is 0 Å². The first-order chi connectivity index (χ1) is 16.9. The van der Waals surface area contributed by atoms with Gasteiger partial charge in [0.25, 0.3) is 5.91 Å². The molecule has 0 aliphatic rings. The minimum atomic E-state index is -0.482. The van der Waals surface area contributed by atoms with Gasteiger partial charge < -0.3 is 24.4 Å². The van der Waals surface area contributed by atoms with E-state index in [1.165, 1.54) is 55.8 Å². The molecule has 1 aromatic heterocycles. The Kier molecular flexibility index (Phi) is 8.96. The van der Waals surface area contributed by atoms with Crippen LogP contribution < -0.4 is 19.5 Å². The molecule has 0 saturated carbocycles. The first kappa shape index (κ1) is 25.9. The number of hydrogen-bond acceptors (Lipinski definition) is 8. The van der Waals surface area contributed by atoms with Crippen LogP contribution in [0.25, 0.3) is 10.6 Å². The van der Waals surface area contributed by atoms with E-state index in [1.807, 2.05) is 6.92 Å². The summed E-state index contributed by atoms with van der Waals surface area (Å²) in [5.41, 5.74) is 0.935. The molecule has 35 heavy (non-hydrogen) atoms. The van der Waals surface area contributed by atoms with Crippen LogP contribution in [0, 0.1) is 5.82 Å². The summed E-state index contributed by atoms with van der Waals surface area (Å²) in [6.45, 7) is 2.57. The van der Waals surface area contributed by atoms with Crippen molar-refractivity contribution in [1.29, 1.82) is 0 Å². The molecule has 0 saturated heterocycles. The third kappa shape index (κ3) is 6.44. The minimum absolute atomic E-state index is 0.0557. The number of carbonyl (C=O) groups excluding carboxylic acids is 2. The Morgan fingerprint density at radius 2 is 1.74 bits per heavy atom. The molecule has 0 bridgehead atoms. The van der Waals surface area contributed by atoms with Gasteiger partial charge in [-0.05, 0) is 36.8 Å². The lowest BCUT2D eigenvalue weighted by molar-refractivity contribution is -0.116. The van der Waals surface area contributed by atoms with Crippen LogP contribution in [0.5, 0.6) is 17.2 Å². The van der Waals surface area contributed by atoms with Gasteiger partial charge in [-0.3, -0.25) is 9.59 Å². The van der Waals surface area contributed by atoms with Crippen LogP contribution in [0.1, 0.15) is 30.1 Å². The summed E-state index contributed by atoms with van der Waals surface area (Å²) in [5.74, 6) is 0.291. The fraction of sp³-hybridized carbons (Fsp3) is 0.333. The van der Waals surface area contributed by atoms with E-state index in [0.29, 0.717) is 45.9 Å². The highest BCUT2D eigenvalue weighted by Crippen LogP contribution is 2.42. The van der Waals surface area contributed by atoms with Gasteiger partial charge in [0, 0.05) is 30.6 Å². The van der Waals surface area contributed by atoms with Gasteiger partial charge in [-0.15, -0.1) is 10.2 Å². The molecular formula is C24H27FN4O5S. The van der Waals surface area contributed by atoms with Gasteiger partial charge >= 0.3 is 0 Å². The molecule has 0 radical (unpaired) electrons.